The lowest BCUT2D eigenvalue weighted by molar-refractivity contribution is -0.393. The molecular weight excluding hydrogens is 452 g/mol. The van der Waals surface area contributed by atoms with E-state index < -0.39 is 27.2 Å². The number of nitrogens with one attached hydrogen (secondary N) is 1. The number of esters is 1. The van der Waals surface area contributed by atoms with Crippen molar-refractivity contribution in [2.45, 2.75) is 13.8 Å². The van der Waals surface area contributed by atoms with E-state index in [2.05, 4.69) is 26.5 Å². The first kappa shape index (κ1) is 21.8. The zero-order valence-electron chi connectivity index (χ0n) is 15.2. The van der Waals surface area contributed by atoms with Crippen LogP contribution in [-0.2, 0) is 4.79 Å². The van der Waals surface area contributed by atoms with Gasteiger partial charge >= 0.3 is 11.7 Å². The maximum atomic E-state index is 11.3. The molecule has 1 N–H and O–H groups in total. The molecule has 152 valence electrons. The van der Waals surface area contributed by atoms with Gasteiger partial charge in [0, 0.05) is 13.0 Å². The van der Waals surface area contributed by atoms with Crippen molar-refractivity contribution in [3.8, 4) is 11.5 Å². The van der Waals surface area contributed by atoms with Crippen molar-refractivity contribution in [3.63, 3.8) is 0 Å². The van der Waals surface area contributed by atoms with Gasteiger partial charge in [0.25, 0.3) is 5.69 Å². The lowest BCUT2D eigenvalue weighted by atomic mass is 10.2. The second kappa shape index (κ2) is 9.59. The summed E-state index contributed by atoms with van der Waals surface area (Å²) in [5.41, 5.74) is 2.12. The summed E-state index contributed by atoms with van der Waals surface area (Å²) in [4.78, 5) is 31.7. The molecule has 29 heavy (non-hydrogen) atoms. The Kier molecular flexibility index (Phi) is 7.20. The van der Waals surface area contributed by atoms with Gasteiger partial charge in [-0.1, -0.05) is 0 Å². The molecule has 2 aromatic rings. The Bertz CT molecular complexity index is 994. The number of non-ortho nitro benzene ring substituents is 1. The molecule has 0 bridgehead atoms. The molecule has 0 aliphatic heterocycles. The number of anilines is 1. The Labute approximate surface area is 172 Å². The Hall–Kier alpha value is -3.54. The molecule has 11 nitrogen and oxygen atoms in total. The van der Waals surface area contributed by atoms with E-state index in [1.54, 1.807) is 19.1 Å². The number of hydrazone groups is 1. The van der Waals surface area contributed by atoms with Gasteiger partial charge < -0.3 is 9.47 Å². The monoisotopic (exact) mass is 466 g/mol. The predicted molar refractivity (Wildman–Crippen MR) is 108 cm³/mol. The summed E-state index contributed by atoms with van der Waals surface area (Å²) in [5, 5.41) is 25.9. The Morgan fingerprint density at radius 2 is 1.97 bits per heavy atom. The van der Waals surface area contributed by atoms with Gasteiger partial charge in [0.05, 0.1) is 33.2 Å². The highest BCUT2D eigenvalue weighted by Crippen LogP contribution is 2.37. The van der Waals surface area contributed by atoms with E-state index in [0.29, 0.717) is 22.4 Å². The van der Waals surface area contributed by atoms with E-state index >= 15 is 0 Å². The van der Waals surface area contributed by atoms with Crippen LogP contribution in [0, 0.1) is 20.2 Å². The number of carbonyl (C=O) groups is 1. The molecule has 0 heterocycles. The molecule has 0 aliphatic carbocycles. The van der Waals surface area contributed by atoms with Crippen molar-refractivity contribution in [1.29, 1.82) is 0 Å². The van der Waals surface area contributed by atoms with Gasteiger partial charge in [-0.15, -0.1) is 0 Å². The van der Waals surface area contributed by atoms with Gasteiger partial charge in [0.15, 0.2) is 11.5 Å². The molecule has 0 fully saturated rings. The summed E-state index contributed by atoms with van der Waals surface area (Å²) in [6, 6.07) is 6.34. The first-order valence-corrected chi connectivity index (χ1v) is 8.88. The van der Waals surface area contributed by atoms with Gasteiger partial charge in [-0.05, 0) is 46.6 Å². The van der Waals surface area contributed by atoms with E-state index in [1.165, 1.54) is 19.2 Å². The van der Waals surface area contributed by atoms with Crippen LogP contribution >= 0.6 is 15.9 Å². The van der Waals surface area contributed by atoms with Crippen LogP contribution in [-0.4, -0.2) is 28.6 Å². The molecule has 0 saturated carbocycles. The highest BCUT2D eigenvalue weighted by molar-refractivity contribution is 9.10. The number of halogens is 1. The molecular formula is C17H15BrN4O7. The fourth-order valence-electron chi connectivity index (χ4n) is 2.22. The number of hydrogen-bond donors (Lipinski definition) is 1. The van der Waals surface area contributed by atoms with E-state index in [0.717, 1.165) is 12.1 Å². The van der Waals surface area contributed by atoms with Crippen molar-refractivity contribution in [2.24, 2.45) is 5.10 Å². The van der Waals surface area contributed by atoms with Crippen molar-refractivity contribution in [3.05, 3.63) is 60.6 Å². The van der Waals surface area contributed by atoms with Gasteiger partial charge in [0.2, 0.25) is 0 Å². The third-order valence-corrected chi connectivity index (χ3v) is 3.95. The van der Waals surface area contributed by atoms with Crippen LogP contribution in [0.3, 0.4) is 0 Å². The summed E-state index contributed by atoms with van der Waals surface area (Å²) in [5.74, 6) is 0.00975. The van der Waals surface area contributed by atoms with Gasteiger partial charge in [-0.3, -0.25) is 30.4 Å². The summed E-state index contributed by atoms with van der Waals surface area (Å²) in [6.07, 6.45) is 1.36. The van der Waals surface area contributed by atoms with Gasteiger partial charge in [0.1, 0.15) is 5.69 Å². The standard InChI is InChI=1S/C17H15BrN4O7/c1-3-28-16-7-11(6-13(18)17(16)29-10(2)23)9-19-20-14-5-4-12(21(24)25)8-15(14)22(26)27/h4-9,20H,3H2,1-2H3/b19-9-. The Balaban J connectivity index is 2.29. The molecule has 2 rings (SSSR count). The quantitative estimate of drug-likeness (QED) is 0.201. The second-order valence-corrected chi connectivity index (χ2v) is 6.30. The Morgan fingerprint density at radius 1 is 1.24 bits per heavy atom. The molecule has 0 radical (unpaired) electrons. The number of rotatable bonds is 8. The van der Waals surface area contributed by atoms with Crippen molar-refractivity contribution >= 4 is 45.2 Å². The highest BCUT2D eigenvalue weighted by Gasteiger charge is 2.19. The predicted octanol–water partition coefficient (Wildman–Crippen LogP) is 4.04. The van der Waals surface area contributed by atoms with Crippen LogP contribution in [0.15, 0.2) is 39.9 Å². The molecule has 0 aliphatic rings. The number of benzene rings is 2. The molecule has 0 aromatic heterocycles. The van der Waals surface area contributed by atoms with Crippen molar-refractivity contribution < 1.29 is 24.1 Å². The molecule has 0 atom stereocenters. The minimum atomic E-state index is -0.747. The SMILES string of the molecule is CCOc1cc(/C=N\Nc2ccc([N+](=O)[O-])cc2[N+](=O)[O-])cc(Br)c1OC(C)=O. The van der Waals surface area contributed by atoms with Gasteiger partial charge in [-0.25, -0.2) is 0 Å². The van der Waals surface area contributed by atoms with Crippen molar-refractivity contribution in [1.82, 2.24) is 0 Å². The molecule has 12 heteroatoms. The molecule has 0 amide bonds. The summed E-state index contributed by atoms with van der Waals surface area (Å²) in [6.45, 7) is 3.36. The second-order valence-electron chi connectivity index (χ2n) is 5.44. The lowest BCUT2D eigenvalue weighted by Gasteiger charge is -2.12. The fourth-order valence-corrected chi connectivity index (χ4v) is 2.76. The maximum absolute atomic E-state index is 11.3. The van der Waals surface area contributed by atoms with E-state index in [9.17, 15) is 25.0 Å². The third kappa shape index (κ3) is 5.72. The normalized spacial score (nSPS) is 10.6. The fraction of sp³-hybridized carbons (Fsp3) is 0.176. The minimum absolute atomic E-state index is 0.0162. The topological polar surface area (TPSA) is 146 Å². The number of hydrogen-bond acceptors (Lipinski definition) is 9. The maximum Gasteiger partial charge on any atom is 0.308 e. The zero-order valence-corrected chi connectivity index (χ0v) is 16.8. The zero-order chi connectivity index (χ0) is 21.6. The molecule has 2 aromatic carbocycles. The van der Waals surface area contributed by atoms with Crippen molar-refractivity contribution in [2.75, 3.05) is 12.0 Å². The smallest absolute Gasteiger partial charge is 0.308 e. The van der Waals surface area contributed by atoms with Crippen LogP contribution in [0.2, 0.25) is 0 Å². The average Bonchev–Trinajstić information content (AvgIpc) is 2.64. The van der Waals surface area contributed by atoms with Gasteiger partial charge in [-0.2, -0.15) is 5.10 Å². The number of ether oxygens (including phenoxy) is 2. The number of nitro groups is 2. The summed E-state index contributed by atoms with van der Waals surface area (Å²) >= 11 is 3.29. The van der Waals surface area contributed by atoms with Crippen LogP contribution in [0.25, 0.3) is 0 Å². The Morgan fingerprint density at radius 3 is 2.55 bits per heavy atom. The lowest BCUT2D eigenvalue weighted by Crippen LogP contribution is -2.05. The van der Waals surface area contributed by atoms with Crippen LogP contribution in [0.5, 0.6) is 11.5 Å². The third-order valence-electron chi connectivity index (χ3n) is 3.36. The molecule has 0 unspecified atom stereocenters. The van der Waals surface area contributed by atoms with E-state index in [1.807, 2.05) is 0 Å². The summed E-state index contributed by atoms with van der Waals surface area (Å²) < 4.78 is 11.0. The van der Waals surface area contributed by atoms with E-state index in [-0.39, 0.29) is 11.4 Å². The summed E-state index contributed by atoms with van der Waals surface area (Å²) in [7, 11) is 0. The number of nitro benzene ring substituents is 2. The van der Waals surface area contributed by atoms with Crippen LogP contribution in [0.4, 0.5) is 17.1 Å². The molecule has 0 spiro atoms. The first-order chi connectivity index (χ1) is 13.7. The van der Waals surface area contributed by atoms with E-state index in [4.69, 9.17) is 9.47 Å². The average molecular weight is 467 g/mol. The highest BCUT2D eigenvalue weighted by atomic mass is 79.9. The largest absolute Gasteiger partial charge is 0.490 e. The minimum Gasteiger partial charge on any atom is -0.490 e. The first-order valence-electron chi connectivity index (χ1n) is 8.09. The number of nitrogens with zero attached hydrogens (tertiary/aromatic N) is 3. The molecule has 0 saturated heterocycles. The van der Waals surface area contributed by atoms with Crippen LogP contribution in [0.1, 0.15) is 19.4 Å². The van der Waals surface area contributed by atoms with Crippen LogP contribution < -0.4 is 14.9 Å². The number of carbonyl (C=O) groups excluding carboxylic acids is 1.